The molecule has 0 atom stereocenters. The minimum absolute atomic E-state index is 0.390. The zero-order valence-corrected chi connectivity index (χ0v) is 9.28. The van der Waals surface area contributed by atoms with Gasteiger partial charge in [0.1, 0.15) is 0 Å². The fourth-order valence-corrected chi connectivity index (χ4v) is 1.41. The van der Waals surface area contributed by atoms with Gasteiger partial charge in [0, 0.05) is 11.4 Å². The smallest absolute Gasteiger partial charge is 0.269 e. The SMILES string of the molecule is CC(C)NCc1nnc(-c2csnn2)o1. The Bertz CT molecular complexity index is 410. The van der Waals surface area contributed by atoms with Crippen molar-refractivity contribution in [2.75, 3.05) is 0 Å². The standard InChI is InChI=1S/C8H11N5OS/c1-5(2)9-3-7-11-12-8(14-7)6-4-15-13-10-6/h4-5,9H,3H2,1-2H3. The summed E-state index contributed by atoms with van der Waals surface area (Å²) in [5.41, 5.74) is 0.628. The maximum Gasteiger partial charge on any atom is 0.269 e. The topological polar surface area (TPSA) is 76.7 Å². The van der Waals surface area contributed by atoms with Crippen LogP contribution in [0.1, 0.15) is 19.7 Å². The molecule has 2 aromatic rings. The van der Waals surface area contributed by atoms with Crippen LogP contribution in [0.2, 0.25) is 0 Å². The van der Waals surface area contributed by atoms with E-state index in [2.05, 4.69) is 38.9 Å². The van der Waals surface area contributed by atoms with Crippen molar-refractivity contribution in [3.63, 3.8) is 0 Å². The Balaban J connectivity index is 2.04. The molecule has 1 N–H and O–H groups in total. The molecule has 0 spiro atoms. The molecule has 0 aromatic carbocycles. The van der Waals surface area contributed by atoms with E-state index in [-0.39, 0.29) is 0 Å². The molecule has 0 aliphatic heterocycles. The van der Waals surface area contributed by atoms with Crippen LogP contribution in [0.4, 0.5) is 0 Å². The zero-order valence-electron chi connectivity index (χ0n) is 8.47. The van der Waals surface area contributed by atoms with Crippen LogP contribution < -0.4 is 5.32 Å². The second-order valence-corrected chi connectivity index (χ2v) is 3.94. The van der Waals surface area contributed by atoms with Crippen molar-refractivity contribution in [1.29, 1.82) is 0 Å². The number of nitrogens with one attached hydrogen (secondary N) is 1. The van der Waals surface area contributed by atoms with Crippen molar-refractivity contribution in [2.24, 2.45) is 0 Å². The summed E-state index contributed by atoms with van der Waals surface area (Å²) in [6.45, 7) is 4.69. The van der Waals surface area contributed by atoms with Gasteiger partial charge in [-0.15, -0.1) is 15.3 Å². The first-order valence-electron chi connectivity index (χ1n) is 4.59. The summed E-state index contributed by atoms with van der Waals surface area (Å²) in [5.74, 6) is 0.982. The maximum absolute atomic E-state index is 5.40. The number of nitrogens with zero attached hydrogens (tertiary/aromatic N) is 4. The first-order chi connectivity index (χ1) is 7.25. The highest BCUT2D eigenvalue weighted by Gasteiger charge is 2.10. The van der Waals surface area contributed by atoms with E-state index >= 15 is 0 Å². The van der Waals surface area contributed by atoms with Crippen LogP contribution in [0.3, 0.4) is 0 Å². The minimum Gasteiger partial charge on any atom is -0.418 e. The van der Waals surface area contributed by atoms with Crippen molar-refractivity contribution < 1.29 is 4.42 Å². The lowest BCUT2D eigenvalue weighted by Crippen LogP contribution is -2.21. The second-order valence-electron chi connectivity index (χ2n) is 3.33. The molecule has 0 saturated heterocycles. The molecule has 80 valence electrons. The van der Waals surface area contributed by atoms with Gasteiger partial charge in [-0.1, -0.05) is 18.3 Å². The lowest BCUT2D eigenvalue weighted by molar-refractivity contribution is 0.458. The molecule has 6 nitrogen and oxygen atoms in total. The van der Waals surface area contributed by atoms with E-state index in [9.17, 15) is 0 Å². The summed E-state index contributed by atoms with van der Waals surface area (Å²) in [6, 6.07) is 0.390. The van der Waals surface area contributed by atoms with E-state index in [1.165, 1.54) is 11.5 Å². The van der Waals surface area contributed by atoms with Gasteiger partial charge in [0.05, 0.1) is 6.54 Å². The lowest BCUT2D eigenvalue weighted by atomic mass is 10.4. The van der Waals surface area contributed by atoms with E-state index in [0.717, 1.165) is 0 Å². The number of hydrogen-bond donors (Lipinski definition) is 1. The molecule has 0 fully saturated rings. The Morgan fingerprint density at radius 3 is 2.93 bits per heavy atom. The Hall–Kier alpha value is -1.34. The minimum atomic E-state index is 0.390. The van der Waals surface area contributed by atoms with Gasteiger partial charge in [-0.2, -0.15) is 0 Å². The van der Waals surface area contributed by atoms with Crippen LogP contribution in [-0.2, 0) is 6.54 Å². The molecule has 2 aromatic heterocycles. The van der Waals surface area contributed by atoms with E-state index in [1.807, 2.05) is 0 Å². The summed E-state index contributed by atoms with van der Waals surface area (Å²) in [4.78, 5) is 0. The molecule has 0 radical (unpaired) electrons. The van der Waals surface area contributed by atoms with Crippen molar-refractivity contribution in [3.8, 4) is 11.6 Å². The average molecular weight is 225 g/mol. The van der Waals surface area contributed by atoms with Gasteiger partial charge in [0.25, 0.3) is 5.89 Å². The van der Waals surface area contributed by atoms with E-state index in [0.29, 0.717) is 30.1 Å². The summed E-state index contributed by atoms with van der Waals surface area (Å²) in [6.07, 6.45) is 0. The molecule has 0 amide bonds. The quantitative estimate of drug-likeness (QED) is 0.839. The molecular formula is C8H11N5OS. The Morgan fingerprint density at radius 2 is 2.27 bits per heavy atom. The predicted molar refractivity (Wildman–Crippen MR) is 55.2 cm³/mol. The summed E-state index contributed by atoms with van der Waals surface area (Å²) in [7, 11) is 0. The first-order valence-corrected chi connectivity index (χ1v) is 5.42. The van der Waals surface area contributed by atoms with Gasteiger partial charge in [0.15, 0.2) is 5.69 Å². The van der Waals surface area contributed by atoms with Crippen molar-refractivity contribution in [2.45, 2.75) is 26.4 Å². The third-order valence-corrected chi connectivity index (χ3v) is 2.21. The molecule has 0 saturated carbocycles. The predicted octanol–water partition coefficient (Wildman–Crippen LogP) is 1.09. The first kappa shape index (κ1) is 10.2. The van der Waals surface area contributed by atoms with E-state index in [4.69, 9.17) is 4.42 Å². The van der Waals surface area contributed by atoms with Gasteiger partial charge in [0.2, 0.25) is 5.89 Å². The van der Waals surface area contributed by atoms with Crippen LogP contribution in [0.5, 0.6) is 0 Å². The van der Waals surface area contributed by atoms with Gasteiger partial charge >= 0.3 is 0 Å². The van der Waals surface area contributed by atoms with Crippen LogP contribution in [-0.4, -0.2) is 25.8 Å². The Kier molecular flexibility index (Phi) is 3.02. The number of hydrogen-bond acceptors (Lipinski definition) is 7. The number of rotatable bonds is 4. The molecule has 2 rings (SSSR count). The van der Waals surface area contributed by atoms with Gasteiger partial charge in [-0.25, -0.2) is 0 Å². The van der Waals surface area contributed by atoms with Crippen LogP contribution in [0, 0.1) is 0 Å². The molecule has 2 heterocycles. The zero-order chi connectivity index (χ0) is 10.7. The fraction of sp³-hybridized carbons (Fsp3) is 0.500. The van der Waals surface area contributed by atoms with E-state index in [1.54, 1.807) is 5.38 Å². The molecule has 7 heteroatoms. The molecule has 15 heavy (non-hydrogen) atoms. The third kappa shape index (κ3) is 2.57. The van der Waals surface area contributed by atoms with Gasteiger partial charge in [-0.3, -0.25) is 0 Å². The lowest BCUT2D eigenvalue weighted by Gasteiger charge is -2.03. The normalized spacial score (nSPS) is 11.1. The average Bonchev–Trinajstić information content (AvgIpc) is 2.85. The Labute approximate surface area is 90.9 Å². The number of aromatic nitrogens is 4. The largest absolute Gasteiger partial charge is 0.418 e. The van der Waals surface area contributed by atoms with Crippen LogP contribution in [0.25, 0.3) is 11.6 Å². The molecule has 0 aliphatic carbocycles. The van der Waals surface area contributed by atoms with Gasteiger partial charge < -0.3 is 9.73 Å². The highest BCUT2D eigenvalue weighted by molar-refractivity contribution is 7.03. The highest BCUT2D eigenvalue weighted by atomic mass is 32.1. The molecule has 0 unspecified atom stereocenters. The monoisotopic (exact) mass is 225 g/mol. The fourth-order valence-electron chi connectivity index (χ4n) is 0.978. The van der Waals surface area contributed by atoms with Crippen molar-refractivity contribution in [1.82, 2.24) is 25.1 Å². The molecular weight excluding hydrogens is 214 g/mol. The molecule has 0 aliphatic rings. The second kappa shape index (κ2) is 4.45. The van der Waals surface area contributed by atoms with E-state index < -0.39 is 0 Å². The van der Waals surface area contributed by atoms with Crippen LogP contribution in [0.15, 0.2) is 9.80 Å². The Morgan fingerprint density at radius 1 is 1.40 bits per heavy atom. The van der Waals surface area contributed by atoms with Crippen molar-refractivity contribution in [3.05, 3.63) is 11.3 Å². The summed E-state index contributed by atoms with van der Waals surface area (Å²) < 4.78 is 9.13. The third-order valence-electron chi connectivity index (χ3n) is 1.71. The van der Waals surface area contributed by atoms with Crippen LogP contribution >= 0.6 is 11.5 Å². The maximum atomic E-state index is 5.40. The van der Waals surface area contributed by atoms with Crippen molar-refractivity contribution >= 4 is 11.5 Å². The molecule has 0 bridgehead atoms. The highest BCUT2D eigenvalue weighted by Crippen LogP contribution is 2.15. The summed E-state index contributed by atoms with van der Waals surface area (Å²) >= 11 is 1.26. The summed E-state index contributed by atoms with van der Waals surface area (Å²) in [5, 5.41) is 16.6. The van der Waals surface area contributed by atoms with Gasteiger partial charge in [-0.05, 0) is 11.5 Å².